The summed E-state index contributed by atoms with van der Waals surface area (Å²) in [7, 11) is 4.24. The molecule has 5 heterocycles. The molecule has 370 valence electrons. The fraction of sp³-hybridized carbons (Fsp3) is 0.529. The molecule has 3 aliphatic rings. The van der Waals surface area contributed by atoms with Crippen molar-refractivity contribution in [3.8, 4) is 5.75 Å². The fourth-order valence-corrected chi connectivity index (χ4v) is 10.2. The molecule has 4 N–H and O–H groups in total. The van der Waals surface area contributed by atoms with Crippen LogP contribution in [0.5, 0.6) is 5.75 Å². The van der Waals surface area contributed by atoms with Gasteiger partial charge in [0.2, 0.25) is 11.8 Å². The molecule has 0 bridgehead atoms. The van der Waals surface area contributed by atoms with E-state index < -0.39 is 24.3 Å². The lowest BCUT2D eigenvalue weighted by Gasteiger charge is -2.33. The number of carbonyl (C=O) groups excluding carboxylic acids is 4. The van der Waals surface area contributed by atoms with Gasteiger partial charge < -0.3 is 59.0 Å². The van der Waals surface area contributed by atoms with Gasteiger partial charge in [-0.2, -0.15) is 0 Å². The van der Waals surface area contributed by atoms with E-state index >= 15 is 0 Å². The first-order valence-electron chi connectivity index (χ1n) is 24.3. The van der Waals surface area contributed by atoms with E-state index in [1.165, 1.54) is 14.2 Å². The van der Waals surface area contributed by atoms with Crippen LogP contribution in [0.4, 0.5) is 15.3 Å². The Bertz CT molecular complexity index is 2430. The van der Waals surface area contributed by atoms with Crippen LogP contribution in [0.15, 0.2) is 60.7 Å². The molecule has 3 fully saturated rings. The van der Waals surface area contributed by atoms with E-state index in [2.05, 4.69) is 74.0 Å². The van der Waals surface area contributed by atoms with Crippen molar-refractivity contribution < 1.29 is 42.9 Å². The largest absolute Gasteiger partial charge is 0.491 e. The molecule has 18 heteroatoms. The Balaban J connectivity index is 1.07. The van der Waals surface area contributed by atoms with Gasteiger partial charge in [-0.25, -0.2) is 19.6 Å². The molecule has 2 aromatic heterocycles. The predicted molar refractivity (Wildman–Crippen MR) is 260 cm³/mol. The molecule has 5 aromatic rings. The molecule has 18 nitrogen and oxygen atoms in total. The SMILES string of the molecule is COCCOCCOc1ccc(N2[C@@H](c3ccc4nc([C@@H]5CCCN5C(=O)C(NC(=O)OC)C(C)C)[nH]c4c3)CC[C@@H]2c2ccc3nc([C@@H]4CCCN4C(=O)[C@@H](NC(=O)OC)C(C)C)[nH]c3c2)cc1. The maximum atomic E-state index is 13.9. The molecule has 1 unspecified atom stereocenters. The first kappa shape index (κ1) is 49.0. The minimum atomic E-state index is -0.721. The molecular formula is C51H67N9O9. The van der Waals surface area contributed by atoms with E-state index in [1.807, 2.05) is 49.6 Å². The van der Waals surface area contributed by atoms with Crippen LogP contribution in [-0.4, -0.2) is 127 Å². The van der Waals surface area contributed by atoms with Gasteiger partial charge in [-0.05, 0) is 110 Å². The van der Waals surface area contributed by atoms with Crippen LogP contribution in [0.2, 0.25) is 0 Å². The number of amides is 4. The number of nitrogens with zero attached hydrogens (tertiary/aromatic N) is 5. The molecule has 4 amide bonds. The highest BCUT2D eigenvalue weighted by atomic mass is 16.5. The summed E-state index contributed by atoms with van der Waals surface area (Å²) in [5, 5.41) is 5.47. The zero-order chi connectivity index (χ0) is 48.8. The van der Waals surface area contributed by atoms with E-state index in [9.17, 15) is 19.2 Å². The average molecular weight is 950 g/mol. The standard InChI is InChI=1S/C51H67N9O9/c1-30(2)44(56-50(63)66-6)48(61)58-22-8-10-42(58)46-52-36-18-12-32(28-38(36)54-46)40-20-21-41(60(40)34-14-16-35(17-15-34)69-27-26-68-25-24-65-5)33-13-19-37-39(29-33)55-47(53-37)43-11-9-23-59(43)49(62)45(31(3)4)57-51(64)67-7/h12-19,28-31,40-45H,8-11,20-27H2,1-7H3,(H,52,54)(H,53,55)(H,56,63)(H,57,64)/t40-,41-,42+,43+,44+,45?/m1/s1. The smallest absolute Gasteiger partial charge is 0.407 e. The van der Waals surface area contributed by atoms with Crippen LogP contribution >= 0.6 is 0 Å². The number of benzene rings is 3. The second-order valence-electron chi connectivity index (χ2n) is 18.9. The second kappa shape index (κ2) is 21.9. The van der Waals surface area contributed by atoms with E-state index in [0.717, 1.165) is 94.8 Å². The van der Waals surface area contributed by atoms with E-state index in [4.69, 9.17) is 33.7 Å². The van der Waals surface area contributed by atoms with Crippen molar-refractivity contribution in [1.82, 2.24) is 40.4 Å². The summed E-state index contributed by atoms with van der Waals surface area (Å²) in [4.78, 5) is 75.6. The monoisotopic (exact) mass is 950 g/mol. The lowest BCUT2D eigenvalue weighted by Crippen LogP contribution is -2.51. The van der Waals surface area contributed by atoms with Crippen molar-refractivity contribution in [2.45, 2.75) is 102 Å². The lowest BCUT2D eigenvalue weighted by atomic mass is 10.0. The summed E-state index contributed by atoms with van der Waals surface area (Å²) in [5.41, 5.74) is 6.72. The molecule has 0 spiro atoms. The molecule has 3 aliphatic heterocycles. The number of carbonyl (C=O) groups is 4. The Morgan fingerprint density at radius 2 is 1.10 bits per heavy atom. The van der Waals surface area contributed by atoms with Crippen LogP contribution < -0.4 is 20.3 Å². The van der Waals surface area contributed by atoms with Gasteiger partial charge in [0.1, 0.15) is 36.1 Å². The topological polar surface area (TPSA) is 206 Å². The molecule has 0 saturated carbocycles. The summed E-state index contributed by atoms with van der Waals surface area (Å²) >= 11 is 0. The molecule has 69 heavy (non-hydrogen) atoms. The Morgan fingerprint density at radius 1 is 0.623 bits per heavy atom. The third kappa shape index (κ3) is 10.8. The third-order valence-electron chi connectivity index (χ3n) is 13.8. The number of imidazole rings is 2. The number of anilines is 1. The fourth-order valence-electron chi connectivity index (χ4n) is 10.2. The molecule has 6 atom stereocenters. The Hall–Kier alpha value is -6.40. The highest BCUT2D eigenvalue weighted by molar-refractivity contribution is 5.87. The summed E-state index contributed by atoms with van der Waals surface area (Å²) in [5.74, 6) is 1.63. The van der Waals surface area contributed by atoms with Gasteiger partial charge in [0.05, 0.1) is 80.3 Å². The van der Waals surface area contributed by atoms with Crippen molar-refractivity contribution in [1.29, 1.82) is 0 Å². The van der Waals surface area contributed by atoms with Crippen LogP contribution in [0.1, 0.15) is 113 Å². The zero-order valence-electron chi connectivity index (χ0n) is 40.8. The number of ether oxygens (including phenoxy) is 5. The molecule has 3 aromatic carbocycles. The van der Waals surface area contributed by atoms with E-state index in [0.29, 0.717) is 39.5 Å². The average Bonchev–Trinajstić information content (AvgIpc) is 4.21. The van der Waals surface area contributed by atoms with E-state index in [1.54, 1.807) is 7.11 Å². The first-order valence-corrected chi connectivity index (χ1v) is 24.3. The summed E-state index contributed by atoms with van der Waals surface area (Å²) in [6, 6.07) is 19.1. The van der Waals surface area contributed by atoms with Gasteiger partial charge in [0, 0.05) is 25.9 Å². The highest BCUT2D eigenvalue weighted by Crippen LogP contribution is 2.48. The minimum Gasteiger partial charge on any atom is -0.491 e. The number of hydrogen-bond acceptors (Lipinski definition) is 12. The van der Waals surface area contributed by atoms with Crippen molar-refractivity contribution in [2.24, 2.45) is 11.8 Å². The normalized spacial score (nSPS) is 20.3. The molecule has 3 saturated heterocycles. The van der Waals surface area contributed by atoms with Crippen molar-refractivity contribution in [3.63, 3.8) is 0 Å². The minimum absolute atomic E-state index is 0.00597. The van der Waals surface area contributed by atoms with Crippen molar-refractivity contribution in [3.05, 3.63) is 83.4 Å². The quantitative estimate of drug-likeness (QED) is 0.0626. The van der Waals surface area contributed by atoms with Crippen LogP contribution in [0.3, 0.4) is 0 Å². The summed E-state index contributed by atoms with van der Waals surface area (Å²) < 4.78 is 26.4. The summed E-state index contributed by atoms with van der Waals surface area (Å²) in [6.45, 7) is 10.7. The molecule has 8 rings (SSSR count). The third-order valence-corrected chi connectivity index (χ3v) is 13.8. The molecular weight excluding hydrogens is 883 g/mol. The number of H-pyrrole nitrogens is 2. The highest BCUT2D eigenvalue weighted by Gasteiger charge is 2.40. The number of alkyl carbamates (subject to hydrolysis) is 2. The number of rotatable bonds is 18. The lowest BCUT2D eigenvalue weighted by molar-refractivity contribution is -0.136. The van der Waals surface area contributed by atoms with Gasteiger partial charge in [0.25, 0.3) is 0 Å². The maximum absolute atomic E-state index is 13.9. The summed E-state index contributed by atoms with van der Waals surface area (Å²) in [6.07, 6.45) is 3.66. The van der Waals surface area contributed by atoms with Gasteiger partial charge in [-0.15, -0.1) is 0 Å². The van der Waals surface area contributed by atoms with Crippen LogP contribution in [0.25, 0.3) is 22.1 Å². The number of nitrogens with one attached hydrogen (secondary N) is 4. The Morgan fingerprint density at radius 3 is 1.55 bits per heavy atom. The number of fused-ring (bicyclic) bond motifs is 2. The molecule has 0 aliphatic carbocycles. The molecule has 0 radical (unpaired) electrons. The van der Waals surface area contributed by atoms with Crippen LogP contribution in [-0.2, 0) is 28.5 Å². The number of methoxy groups -OCH3 is 3. The first-order chi connectivity index (χ1) is 33.4. The van der Waals surface area contributed by atoms with Gasteiger partial charge in [-0.1, -0.05) is 39.8 Å². The van der Waals surface area contributed by atoms with Crippen molar-refractivity contribution in [2.75, 3.05) is 65.7 Å². The Labute approximate surface area is 403 Å². The second-order valence-corrected chi connectivity index (χ2v) is 18.9. The van der Waals surface area contributed by atoms with Crippen molar-refractivity contribution >= 4 is 51.8 Å². The number of aromatic nitrogens is 4. The van der Waals surface area contributed by atoms with Gasteiger partial charge >= 0.3 is 12.2 Å². The van der Waals surface area contributed by atoms with Crippen LogP contribution in [0, 0.1) is 11.8 Å². The Kier molecular flexibility index (Phi) is 15.6. The zero-order valence-corrected chi connectivity index (χ0v) is 40.8. The predicted octanol–water partition coefficient (Wildman–Crippen LogP) is 7.65. The van der Waals surface area contributed by atoms with Gasteiger partial charge in [0.15, 0.2) is 0 Å². The number of aromatic amines is 2. The maximum Gasteiger partial charge on any atom is 0.407 e. The van der Waals surface area contributed by atoms with E-state index in [-0.39, 0.29) is 47.8 Å². The number of hydrogen-bond donors (Lipinski definition) is 4. The van der Waals surface area contributed by atoms with Gasteiger partial charge in [-0.3, -0.25) is 9.59 Å². The number of likely N-dealkylation sites (tertiary alicyclic amines) is 2.